The first-order chi connectivity index (χ1) is 9.89. The average molecular weight is 329 g/mol. The summed E-state index contributed by atoms with van der Waals surface area (Å²) in [7, 11) is 1.98. The minimum atomic E-state index is -0.106. The van der Waals surface area contributed by atoms with Crippen LogP contribution in [0, 0.1) is 6.92 Å². The molecule has 21 heavy (non-hydrogen) atoms. The zero-order chi connectivity index (χ0) is 15.8. The Kier molecular flexibility index (Phi) is 4.93. The Morgan fingerprint density at radius 2 is 1.95 bits per heavy atom. The summed E-state index contributed by atoms with van der Waals surface area (Å²) in [6, 6.07) is 0. The third kappa shape index (κ3) is 2.82. The first kappa shape index (κ1) is 16.7. The molecule has 2 rings (SSSR count). The summed E-state index contributed by atoms with van der Waals surface area (Å²) in [6.07, 6.45) is 4.44. The number of rotatable bonds is 6. The van der Waals surface area contributed by atoms with Crippen molar-refractivity contribution in [2.75, 3.05) is 6.26 Å². The summed E-state index contributed by atoms with van der Waals surface area (Å²) in [6.45, 7) is 9.42. The number of fused-ring (bicyclic) bond motifs is 1. The van der Waals surface area contributed by atoms with Gasteiger partial charge in [0.1, 0.15) is 11.3 Å². The van der Waals surface area contributed by atoms with Crippen molar-refractivity contribution in [3.05, 3.63) is 11.5 Å². The number of aryl methyl sites for hydroxylation is 2. The van der Waals surface area contributed by atoms with Gasteiger partial charge in [-0.25, -0.2) is 4.98 Å². The summed E-state index contributed by atoms with van der Waals surface area (Å²) in [5, 5.41) is 4.40. The van der Waals surface area contributed by atoms with Crippen LogP contribution < -0.4 is 0 Å². The van der Waals surface area contributed by atoms with Gasteiger partial charge in [-0.05, 0) is 32.9 Å². The molecule has 1 unspecified atom stereocenters. The van der Waals surface area contributed by atoms with Crippen LogP contribution in [0.4, 0.5) is 0 Å². The Labute approximate surface area is 136 Å². The number of alkyl halides is 1. The lowest BCUT2D eigenvalue weighted by Crippen LogP contribution is -2.30. The quantitative estimate of drug-likeness (QED) is 0.742. The van der Waals surface area contributed by atoms with E-state index in [1.54, 1.807) is 0 Å². The number of imidazole rings is 1. The molecule has 0 aromatic carbocycles. The second-order valence-electron chi connectivity index (χ2n) is 5.65. The number of thioether (sulfide) groups is 1. The van der Waals surface area contributed by atoms with E-state index < -0.39 is 0 Å². The maximum absolute atomic E-state index is 6.38. The van der Waals surface area contributed by atoms with Gasteiger partial charge in [0.25, 0.3) is 0 Å². The van der Waals surface area contributed by atoms with Gasteiger partial charge in [0, 0.05) is 18.3 Å². The summed E-state index contributed by atoms with van der Waals surface area (Å²) in [5.74, 6) is 0.947. The minimum Gasteiger partial charge on any atom is -0.310 e. The summed E-state index contributed by atoms with van der Waals surface area (Å²) in [4.78, 5) is 4.76. The maximum Gasteiger partial charge on any atom is 0.158 e. The molecule has 0 aliphatic rings. The minimum absolute atomic E-state index is 0.106. The second-order valence-corrected chi connectivity index (χ2v) is 7.58. The molecule has 0 aliphatic carbocycles. The number of nitrogens with zero attached hydrogens (tertiary/aromatic N) is 4. The van der Waals surface area contributed by atoms with Crippen LogP contribution in [0.3, 0.4) is 0 Å². The lowest BCUT2D eigenvalue weighted by atomic mass is 10.0. The molecule has 0 saturated carbocycles. The van der Waals surface area contributed by atoms with Gasteiger partial charge in [-0.15, -0.1) is 11.6 Å². The van der Waals surface area contributed by atoms with E-state index in [-0.39, 0.29) is 10.1 Å². The Hall–Kier alpha value is -0.680. The van der Waals surface area contributed by atoms with E-state index in [4.69, 9.17) is 16.6 Å². The SMILES string of the molecule is CCC(CC)(Cn1c(C(C)Cl)nc2c(C)nn(C)c21)SC. The van der Waals surface area contributed by atoms with Gasteiger partial charge >= 0.3 is 0 Å². The third-order valence-corrected chi connectivity index (χ3v) is 6.21. The van der Waals surface area contributed by atoms with Gasteiger partial charge in [-0.2, -0.15) is 16.9 Å². The van der Waals surface area contributed by atoms with Crippen LogP contribution in [-0.4, -0.2) is 30.3 Å². The molecule has 2 aromatic heterocycles. The van der Waals surface area contributed by atoms with Gasteiger partial charge in [0.2, 0.25) is 0 Å². The number of hydrogen-bond donors (Lipinski definition) is 0. The predicted octanol–water partition coefficient (Wildman–Crippen LogP) is 4.30. The Bertz CT molecular complexity index is 617. The number of hydrogen-bond acceptors (Lipinski definition) is 3. The molecule has 0 radical (unpaired) electrons. The molecule has 0 saturated heterocycles. The van der Waals surface area contributed by atoms with Crippen LogP contribution >= 0.6 is 23.4 Å². The largest absolute Gasteiger partial charge is 0.310 e. The summed E-state index contributed by atoms with van der Waals surface area (Å²) < 4.78 is 4.42. The Morgan fingerprint density at radius 3 is 2.43 bits per heavy atom. The average Bonchev–Trinajstić information content (AvgIpc) is 2.96. The van der Waals surface area contributed by atoms with Crippen LogP contribution in [0.25, 0.3) is 11.2 Å². The topological polar surface area (TPSA) is 35.6 Å². The lowest BCUT2D eigenvalue weighted by molar-refractivity contribution is 0.458. The van der Waals surface area contributed by atoms with Crippen molar-refractivity contribution in [1.82, 2.24) is 19.3 Å². The van der Waals surface area contributed by atoms with Gasteiger partial charge in [0.15, 0.2) is 5.65 Å². The van der Waals surface area contributed by atoms with E-state index in [1.807, 2.05) is 37.3 Å². The highest BCUT2D eigenvalue weighted by molar-refractivity contribution is 8.00. The maximum atomic E-state index is 6.38. The third-order valence-electron chi connectivity index (χ3n) is 4.44. The summed E-state index contributed by atoms with van der Waals surface area (Å²) >= 11 is 8.32. The Balaban J connectivity index is 2.62. The van der Waals surface area contributed by atoms with E-state index in [0.29, 0.717) is 0 Å². The smallest absolute Gasteiger partial charge is 0.158 e. The van der Waals surface area contributed by atoms with Crippen LogP contribution in [-0.2, 0) is 13.6 Å². The first-order valence-electron chi connectivity index (χ1n) is 7.48. The molecule has 0 spiro atoms. The molecular weight excluding hydrogens is 304 g/mol. The fourth-order valence-corrected chi connectivity index (χ4v) is 3.93. The molecule has 0 aliphatic heterocycles. The van der Waals surface area contributed by atoms with E-state index >= 15 is 0 Å². The predicted molar refractivity (Wildman–Crippen MR) is 92.3 cm³/mol. The highest BCUT2D eigenvalue weighted by atomic mass is 35.5. The van der Waals surface area contributed by atoms with Gasteiger partial charge < -0.3 is 4.57 Å². The first-order valence-corrected chi connectivity index (χ1v) is 9.14. The lowest BCUT2D eigenvalue weighted by Gasteiger charge is -2.31. The fourth-order valence-electron chi connectivity index (χ4n) is 2.93. The summed E-state index contributed by atoms with van der Waals surface area (Å²) in [5.41, 5.74) is 3.02. The molecule has 0 fully saturated rings. The van der Waals surface area contributed by atoms with Crippen molar-refractivity contribution < 1.29 is 0 Å². The standard InChI is InChI=1S/C15H25ClN4S/c1-7-15(8-2,21-6)9-20-13(10(3)16)17-12-11(4)18-19(5)14(12)20/h10H,7-9H2,1-6H3. The highest BCUT2D eigenvalue weighted by Gasteiger charge is 2.30. The normalized spacial score (nSPS) is 14.0. The molecular formula is C15H25ClN4S. The van der Waals surface area contributed by atoms with Crippen molar-refractivity contribution in [1.29, 1.82) is 0 Å². The second kappa shape index (κ2) is 6.21. The molecule has 6 heteroatoms. The van der Waals surface area contributed by atoms with Crippen LogP contribution in [0.1, 0.15) is 50.5 Å². The molecule has 2 heterocycles. The van der Waals surface area contributed by atoms with E-state index in [0.717, 1.165) is 42.1 Å². The molecule has 0 amide bonds. The Morgan fingerprint density at radius 1 is 1.33 bits per heavy atom. The van der Waals surface area contributed by atoms with E-state index in [2.05, 4.69) is 29.8 Å². The van der Waals surface area contributed by atoms with Crippen LogP contribution in [0.15, 0.2) is 0 Å². The van der Waals surface area contributed by atoms with Gasteiger partial charge in [-0.1, -0.05) is 13.8 Å². The van der Waals surface area contributed by atoms with Crippen molar-refractivity contribution >= 4 is 34.5 Å². The van der Waals surface area contributed by atoms with E-state index in [1.165, 1.54) is 0 Å². The number of aromatic nitrogens is 4. The molecule has 1 atom stereocenters. The van der Waals surface area contributed by atoms with E-state index in [9.17, 15) is 0 Å². The molecule has 0 N–H and O–H groups in total. The van der Waals surface area contributed by atoms with Gasteiger partial charge in [-0.3, -0.25) is 4.68 Å². The fraction of sp³-hybridized carbons (Fsp3) is 0.733. The zero-order valence-electron chi connectivity index (χ0n) is 13.8. The molecule has 4 nitrogen and oxygen atoms in total. The molecule has 0 bridgehead atoms. The van der Waals surface area contributed by atoms with Crippen LogP contribution in [0.5, 0.6) is 0 Å². The zero-order valence-corrected chi connectivity index (χ0v) is 15.3. The molecule has 118 valence electrons. The van der Waals surface area contributed by atoms with Crippen molar-refractivity contribution in [3.63, 3.8) is 0 Å². The van der Waals surface area contributed by atoms with Crippen molar-refractivity contribution in [3.8, 4) is 0 Å². The highest BCUT2D eigenvalue weighted by Crippen LogP contribution is 2.35. The monoisotopic (exact) mass is 328 g/mol. The number of halogens is 1. The van der Waals surface area contributed by atoms with Gasteiger partial charge in [0.05, 0.1) is 11.1 Å². The van der Waals surface area contributed by atoms with Crippen LogP contribution in [0.2, 0.25) is 0 Å². The van der Waals surface area contributed by atoms with Crippen molar-refractivity contribution in [2.24, 2.45) is 7.05 Å². The van der Waals surface area contributed by atoms with Crippen molar-refractivity contribution in [2.45, 2.75) is 57.2 Å². The molecule has 2 aromatic rings.